The molecule has 10 heteroatoms. The van der Waals surface area contributed by atoms with Crippen molar-refractivity contribution in [1.82, 2.24) is 15.1 Å². The van der Waals surface area contributed by atoms with Gasteiger partial charge in [-0.15, -0.1) is 0 Å². The quantitative estimate of drug-likeness (QED) is 0.416. The molecule has 0 saturated heterocycles. The second-order valence-corrected chi connectivity index (χ2v) is 9.00. The van der Waals surface area contributed by atoms with Crippen LogP contribution in [0.4, 0.5) is 15.8 Å². The van der Waals surface area contributed by atoms with E-state index in [9.17, 15) is 18.8 Å². The summed E-state index contributed by atoms with van der Waals surface area (Å²) in [5, 5.41) is 10.1. The van der Waals surface area contributed by atoms with E-state index in [0.717, 1.165) is 0 Å². The Balaban J connectivity index is 1.51. The summed E-state index contributed by atoms with van der Waals surface area (Å²) in [6.45, 7) is 3.31. The number of carbonyl (C=O) groups is 3. The Kier molecular flexibility index (Phi) is 6.08. The van der Waals surface area contributed by atoms with Crippen LogP contribution >= 0.6 is 0 Å². The standard InChI is InChI=1S/C27H24FN5O4/c1-17(34)30-20-9-11-21(12-10-20)33-25(35)23-14-22(24-4-3-13-37-24)31-32(23)16-27(33,2)26(36)29-15-18-5-7-19(28)8-6-18/h3-14H,15-16H2,1-2H3,(H,29,36)(H,30,34)/t27-/m0/s1. The lowest BCUT2D eigenvalue weighted by molar-refractivity contribution is -0.126. The van der Waals surface area contributed by atoms with E-state index >= 15 is 0 Å². The first-order valence-electron chi connectivity index (χ1n) is 11.6. The monoisotopic (exact) mass is 501 g/mol. The molecule has 2 aromatic carbocycles. The molecule has 0 aliphatic carbocycles. The Morgan fingerprint density at radius 2 is 1.84 bits per heavy atom. The highest BCUT2D eigenvalue weighted by molar-refractivity contribution is 6.12. The van der Waals surface area contributed by atoms with Crippen molar-refractivity contribution in [3.05, 3.63) is 90.1 Å². The van der Waals surface area contributed by atoms with Crippen LogP contribution < -0.4 is 15.5 Å². The molecule has 2 N–H and O–H groups in total. The van der Waals surface area contributed by atoms with Gasteiger partial charge in [-0.25, -0.2) is 4.39 Å². The molecule has 5 rings (SSSR count). The van der Waals surface area contributed by atoms with E-state index in [1.807, 2.05) is 0 Å². The van der Waals surface area contributed by atoms with E-state index in [4.69, 9.17) is 4.42 Å². The van der Waals surface area contributed by atoms with Gasteiger partial charge >= 0.3 is 0 Å². The van der Waals surface area contributed by atoms with Gasteiger partial charge < -0.3 is 15.1 Å². The lowest BCUT2D eigenvalue weighted by Crippen LogP contribution is -2.64. The topological polar surface area (TPSA) is 109 Å². The number of hydrogen-bond acceptors (Lipinski definition) is 5. The first-order valence-corrected chi connectivity index (χ1v) is 11.6. The van der Waals surface area contributed by atoms with Gasteiger partial charge in [0.2, 0.25) is 11.8 Å². The van der Waals surface area contributed by atoms with Gasteiger partial charge in [-0.2, -0.15) is 5.10 Å². The number of halogens is 1. The van der Waals surface area contributed by atoms with Crippen LogP contribution in [0.2, 0.25) is 0 Å². The second kappa shape index (κ2) is 9.38. The molecule has 37 heavy (non-hydrogen) atoms. The van der Waals surface area contributed by atoms with Crippen molar-refractivity contribution in [2.45, 2.75) is 32.5 Å². The van der Waals surface area contributed by atoms with Crippen molar-refractivity contribution in [1.29, 1.82) is 0 Å². The van der Waals surface area contributed by atoms with Gasteiger partial charge in [-0.1, -0.05) is 12.1 Å². The van der Waals surface area contributed by atoms with Gasteiger partial charge in [0.25, 0.3) is 5.91 Å². The molecule has 188 valence electrons. The summed E-state index contributed by atoms with van der Waals surface area (Å²) in [4.78, 5) is 40.3. The molecular weight excluding hydrogens is 477 g/mol. The number of benzene rings is 2. The molecule has 3 heterocycles. The zero-order valence-electron chi connectivity index (χ0n) is 20.2. The van der Waals surface area contributed by atoms with Gasteiger partial charge in [-0.05, 0) is 61.0 Å². The Morgan fingerprint density at radius 3 is 2.49 bits per heavy atom. The van der Waals surface area contributed by atoms with E-state index in [1.165, 1.54) is 34.9 Å². The van der Waals surface area contributed by atoms with Gasteiger partial charge in [0.15, 0.2) is 5.76 Å². The van der Waals surface area contributed by atoms with Crippen molar-refractivity contribution in [2.75, 3.05) is 10.2 Å². The fourth-order valence-corrected chi connectivity index (χ4v) is 4.40. The highest BCUT2D eigenvalue weighted by Crippen LogP contribution is 2.35. The van der Waals surface area contributed by atoms with E-state index in [1.54, 1.807) is 61.5 Å². The first-order chi connectivity index (χ1) is 17.7. The number of rotatable bonds is 6. The molecule has 0 bridgehead atoms. The number of carbonyl (C=O) groups excluding carboxylic acids is 3. The SMILES string of the molecule is CC(=O)Nc1ccc(N2C(=O)c3cc(-c4ccco4)nn3C[C@@]2(C)C(=O)NCc2ccc(F)cc2)cc1. The van der Waals surface area contributed by atoms with Crippen LogP contribution in [0, 0.1) is 5.82 Å². The summed E-state index contributed by atoms with van der Waals surface area (Å²) < 4.78 is 20.2. The van der Waals surface area contributed by atoms with Crippen molar-refractivity contribution < 1.29 is 23.2 Å². The normalized spacial score (nSPS) is 16.8. The third kappa shape index (κ3) is 4.61. The van der Waals surface area contributed by atoms with Crippen LogP contribution in [0.1, 0.15) is 29.9 Å². The summed E-state index contributed by atoms with van der Waals surface area (Å²) in [6.07, 6.45) is 1.52. The number of fused-ring (bicyclic) bond motifs is 1. The highest BCUT2D eigenvalue weighted by Gasteiger charge is 2.49. The van der Waals surface area contributed by atoms with Gasteiger partial charge in [-0.3, -0.25) is 24.0 Å². The predicted molar refractivity (Wildman–Crippen MR) is 134 cm³/mol. The molecule has 0 unspecified atom stereocenters. The number of amides is 3. The molecule has 1 atom stereocenters. The Hall–Kier alpha value is -4.73. The van der Waals surface area contributed by atoms with Crippen molar-refractivity contribution in [2.24, 2.45) is 0 Å². The fraction of sp³-hybridized carbons (Fsp3) is 0.185. The van der Waals surface area contributed by atoms with E-state index in [2.05, 4.69) is 15.7 Å². The third-order valence-electron chi connectivity index (χ3n) is 6.23. The van der Waals surface area contributed by atoms with Crippen molar-refractivity contribution in [3.63, 3.8) is 0 Å². The molecule has 1 aliphatic rings. The van der Waals surface area contributed by atoms with Gasteiger partial charge in [0.05, 0.1) is 12.8 Å². The predicted octanol–water partition coefficient (Wildman–Crippen LogP) is 3.98. The second-order valence-electron chi connectivity index (χ2n) is 9.00. The minimum absolute atomic E-state index is 0.0808. The molecule has 9 nitrogen and oxygen atoms in total. The zero-order chi connectivity index (χ0) is 26.2. The number of furan rings is 1. The minimum atomic E-state index is -1.36. The van der Waals surface area contributed by atoms with Crippen LogP contribution in [-0.4, -0.2) is 33.0 Å². The van der Waals surface area contributed by atoms with Crippen LogP contribution in [0.3, 0.4) is 0 Å². The molecule has 2 aromatic heterocycles. The molecule has 0 saturated carbocycles. The van der Waals surface area contributed by atoms with Crippen LogP contribution in [-0.2, 0) is 22.7 Å². The molecule has 1 aliphatic heterocycles. The van der Waals surface area contributed by atoms with Gasteiger partial charge in [0, 0.05) is 30.9 Å². The average molecular weight is 502 g/mol. The Bertz CT molecular complexity index is 1460. The molecule has 3 amide bonds. The maximum atomic E-state index is 13.8. The molecule has 0 spiro atoms. The lowest BCUT2D eigenvalue weighted by Gasteiger charge is -2.43. The Labute approximate surface area is 211 Å². The molecule has 0 radical (unpaired) electrons. The number of anilines is 2. The third-order valence-corrected chi connectivity index (χ3v) is 6.23. The number of nitrogens with zero attached hydrogens (tertiary/aromatic N) is 3. The largest absolute Gasteiger partial charge is 0.463 e. The highest BCUT2D eigenvalue weighted by atomic mass is 19.1. The van der Waals surface area contributed by atoms with E-state index in [0.29, 0.717) is 34.1 Å². The van der Waals surface area contributed by atoms with Crippen LogP contribution in [0.25, 0.3) is 11.5 Å². The molecular formula is C27H24FN5O4. The summed E-state index contributed by atoms with van der Waals surface area (Å²) in [7, 11) is 0. The number of nitrogens with one attached hydrogen (secondary N) is 2. The van der Waals surface area contributed by atoms with Crippen LogP contribution in [0.15, 0.2) is 77.4 Å². The summed E-state index contributed by atoms with van der Waals surface area (Å²) in [5.74, 6) is -0.906. The van der Waals surface area contributed by atoms with Gasteiger partial charge in [0.1, 0.15) is 22.7 Å². The van der Waals surface area contributed by atoms with E-state index < -0.39 is 17.4 Å². The maximum Gasteiger partial charge on any atom is 0.277 e. The van der Waals surface area contributed by atoms with Crippen molar-refractivity contribution in [3.8, 4) is 11.5 Å². The molecule has 0 fully saturated rings. The number of hydrogen-bond donors (Lipinski definition) is 2. The minimum Gasteiger partial charge on any atom is -0.463 e. The van der Waals surface area contributed by atoms with Crippen molar-refractivity contribution >= 4 is 29.1 Å². The van der Waals surface area contributed by atoms with E-state index in [-0.39, 0.29) is 24.8 Å². The average Bonchev–Trinajstić information content (AvgIpc) is 3.54. The lowest BCUT2D eigenvalue weighted by atomic mass is 9.93. The smallest absolute Gasteiger partial charge is 0.277 e. The summed E-state index contributed by atoms with van der Waals surface area (Å²) >= 11 is 0. The van der Waals surface area contributed by atoms with Crippen LogP contribution in [0.5, 0.6) is 0 Å². The molecule has 4 aromatic rings. The fourth-order valence-electron chi connectivity index (χ4n) is 4.40. The first kappa shape index (κ1) is 24.0. The number of aromatic nitrogens is 2. The zero-order valence-corrected chi connectivity index (χ0v) is 20.2. The maximum absolute atomic E-state index is 13.8. The Morgan fingerprint density at radius 1 is 1.11 bits per heavy atom. The summed E-state index contributed by atoms with van der Waals surface area (Å²) in [6, 6.07) is 17.6. The summed E-state index contributed by atoms with van der Waals surface area (Å²) in [5.41, 5.74) is 1.18.